The summed E-state index contributed by atoms with van der Waals surface area (Å²) < 4.78 is 0. The number of fused-ring (bicyclic) bond motifs is 8. The van der Waals surface area contributed by atoms with Crippen LogP contribution in [0.25, 0.3) is 54.2 Å². The van der Waals surface area contributed by atoms with E-state index >= 15 is 0 Å². The van der Waals surface area contributed by atoms with Crippen LogP contribution in [0.4, 0.5) is 17.1 Å². The lowest BCUT2D eigenvalue weighted by atomic mass is 9.81. The van der Waals surface area contributed by atoms with Gasteiger partial charge >= 0.3 is 0 Å². The Bertz CT molecular complexity index is 2740. The summed E-state index contributed by atoms with van der Waals surface area (Å²) in [4.78, 5) is 4.98. The molecule has 1 nitrogen and oxygen atoms in total. The third kappa shape index (κ3) is 4.93. The fourth-order valence-electron chi connectivity index (χ4n) is 8.20. The summed E-state index contributed by atoms with van der Waals surface area (Å²) in [6.45, 7) is 4.80. The van der Waals surface area contributed by atoms with Gasteiger partial charge in [-0.1, -0.05) is 135 Å². The molecule has 0 saturated carbocycles. The molecule has 0 saturated heterocycles. The van der Waals surface area contributed by atoms with E-state index in [1.807, 2.05) is 11.8 Å². The number of hydrogen-bond acceptors (Lipinski definition) is 2. The minimum atomic E-state index is -0.152. The van der Waals surface area contributed by atoms with Gasteiger partial charge in [0.05, 0.1) is 0 Å². The SMILES string of the molecule is CC1(C)c2cc3cc(N(c4ccc5ccccc5c4)c4ccc5ccccc5c4)ccc3cc2-c2c1cc(Sc1ccccc1)c1ccccc21. The summed E-state index contributed by atoms with van der Waals surface area (Å²) >= 11 is 1.86. The molecule has 0 heterocycles. The second-order valence-electron chi connectivity index (χ2n) is 14.2. The minimum absolute atomic E-state index is 0.152. The second kappa shape index (κ2) is 11.6. The van der Waals surface area contributed by atoms with Crippen molar-refractivity contribution in [3.8, 4) is 11.1 Å². The van der Waals surface area contributed by atoms with Crippen LogP contribution in [-0.4, -0.2) is 0 Å². The Hall–Kier alpha value is -5.83. The molecule has 0 radical (unpaired) electrons. The highest BCUT2D eigenvalue weighted by molar-refractivity contribution is 7.99. The summed E-state index contributed by atoms with van der Waals surface area (Å²) in [5.41, 5.74) is 8.80. The third-order valence-electron chi connectivity index (χ3n) is 10.8. The summed E-state index contributed by atoms with van der Waals surface area (Å²) in [6, 6.07) is 64.9. The average molecular weight is 670 g/mol. The van der Waals surface area contributed by atoms with Crippen LogP contribution in [0, 0.1) is 0 Å². The van der Waals surface area contributed by atoms with E-state index in [1.54, 1.807) is 0 Å². The maximum atomic E-state index is 2.46. The molecule has 0 aromatic heterocycles. The fourth-order valence-corrected chi connectivity index (χ4v) is 9.21. The zero-order valence-corrected chi connectivity index (χ0v) is 29.4. The van der Waals surface area contributed by atoms with E-state index in [-0.39, 0.29) is 5.41 Å². The highest BCUT2D eigenvalue weighted by Crippen LogP contribution is 2.54. The standard InChI is InChI=1S/C49H35NS/c1-49(2)45-30-37-28-40(50(38-23-20-32-12-6-8-14-34(32)26-38)39-24-21-33-13-7-9-15-35(33)27-39)25-22-36(37)29-44(45)48-43-19-11-10-18-42(43)47(31-46(48)49)51-41-16-4-3-5-17-41/h3-31H,1-2H3. The predicted octanol–water partition coefficient (Wildman–Crippen LogP) is 14.2. The number of rotatable bonds is 5. The highest BCUT2D eigenvalue weighted by Gasteiger charge is 2.37. The summed E-state index contributed by atoms with van der Waals surface area (Å²) in [5.74, 6) is 0. The fraction of sp³-hybridized carbons (Fsp3) is 0.0612. The van der Waals surface area contributed by atoms with Crippen LogP contribution in [0.3, 0.4) is 0 Å². The van der Waals surface area contributed by atoms with Crippen LogP contribution in [-0.2, 0) is 5.41 Å². The van der Waals surface area contributed by atoms with E-state index in [1.165, 1.54) is 75.1 Å². The Morgan fingerprint density at radius 3 is 1.57 bits per heavy atom. The lowest BCUT2D eigenvalue weighted by Crippen LogP contribution is -2.15. The molecule has 51 heavy (non-hydrogen) atoms. The molecule has 0 atom stereocenters. The molecule has 9 aromatic carbocycles. The number of nitrogens with zero attached hydrogens (tertiary/aromatic N) is 1. The van der Waals surface area contributed by atoms with Crippen molar-refractivity contribution in [3.63, 3.8) is 0 Å². The molecule has 0 unspecified atom stereocenters. The first kappa shape index (κ1) is 30.0. The first-order chi connectivity index (χ1) is 25.0. The number of hydrogen-bond donors (Lipinski definition) is 0. The first-order valence-electron chi connectivity index (χ1n) is 17.7. The van der Waals surface area contributed by atoms with Gasteiger partial charge in [-0.3, -0.25) is 0 Å². The first-order valence-corrected chi connectivity index (χ1v) is 18.5. The van der Waals surface area contributed by atoms with E-state index in [2.05, 4.69) is 195 Å². The zero-order valence-electron chi connectivity index (χ0n) is 28.6. The zero-order chi connectivity index (χ0) is 34.1. The molecule has 0 aliphatic heterocycles. The Kier molecular flexibility index (Phi) is 6.84. The van der Waals surface area contributed by atoms with E-state index in [4.69, 9.17) is 0 Å². The average Bonchev–Trinajstić information content (AvgIpc) is 3.39. The van der Waals surface area contributed by atoms with Crippen molar-refractivity contribution in [1.29, 1.82) is 0 Å². The van der Waals surface area contributed by atoms with Crippen molar-refractivity contribution in [2.45, 2.75) is 29.1 Å². The van der Waals surface area contributed by atoms with Gasteiger partial charge in [0.25, 0.3) is 0 Å². The molecule has 1 aliphatic carbocycles. The molecule has 0 spiro atoms. The predicted molar refractivity (Wildman–Crippen MR) is 219 cm³/mol. The van der Waals surface area contributed by atoms with E-state index in [9.17, 15) is 0 Å². The van der Waals surface area contributed by atoms with Gasteiger partial charge < -0.3 is 4.90 Å². The molecule has 1 aliphatic rings. The molecule has 0 N–H and O–H groups in total. The van der Waals surface area contributed by atoms with Crippen LogP contribution in [0.15, 0.2) is 186 Å². The number of anilines is 3. The molecule has 0 bridgehead atoms. The van der Waals surface area contributed by atoms with E-state index in [0.717, 1.165) is 17.1 Å². The maximum Gasteiger partial charge on any atom is 0.0468 e. The largest absolute Gasteiger partial charge is 0.310 e. The van der Waals surface area contributed by atoms with Gasteiger partial charge in [0.2, 0.25) is 0 Å². The van der Waals surface area contributed by atoms with Crippen LogP contribution >= 0.6 is 11.8 Å². The van der Waals surface area contributed by atoms with Gasteiger partial charge in [-0.2, -0.15) is 0 Å². The second-order valence-corrected chi connectivity index (χ2v) is 15.3. The van der Waals surface area contributed by atoms with Gasteiger partial charge in [0.1, 0.15) is 0 Å². The van der Waals surface area contributed by atoms with E-state index < -0.39 is 0 Å². The van der Waals surface area contributed by atoms with Crippen molar-refractivity contribution in [2.24, 2.45) is 0 Å². The Morgan fingerprint density at radius 1 is 0.412 bits per heavy atom. The van der Waals surface area contributed by atoms with Gasteiger partial charge in [-0.25, -0.2) is 0 Å². The number of benzene rings is 9. The van der Waals surface area contributed by atoms with Crippen LogP contribution < -0.4 is 4.90 Å². The Morgan fingerprint density at radius 2 is 0.922 bits per heavy atom. The lowest BCUT2D eigenvalue weighted by Gasteiger charge is -2.27. The molecule has 0 amide bonds. The Labute approximate surface area is 302 Å². The minimum Gasteiger partial charge on any atom is -0.310 e. The molecule has 0 fully saturated rings. The molecular formula is C49H35NS. The monoisotopic (exact) mass is 669 g/mol. The van der Waals surface area contributed by atoms with Crippen molar-refractivity contribution in [2.75, 3.05) is 4.90 Å². The Balaban J connectivity index is 1.14. The summed E-state index contributed by atoms with van der Waals surface area (Å²) in [5, 5.41) is 10.1. The third-order valence-corrected chi connectivity index (χ3v) is 11.9. The van der Waals surface area contributed by atoms with Gasteiger partial charge in [0.15, 0.2) is 0 Å². The molecule has 9 aromatic rings. The van der Waals surface area contributed by atoms with E-state index in [0.29, 0.717) is 0 Å². The molecule has 2 heteroatoms. The van der Waals surface area contributed by atoms with Crippen LogP contribution in [0.5, 0.6) is 0 Å². The molecule has 242 valence electrons. The van der Waals surface area contributed by atoms with Crippen molar-refractivity contribution in [3.05, 3.63) is 187 Å². The maximum absolute atomic E-state index is 2.46. The van der Waals surface area contributed by atoms with Crippen molar-refractivity contribution < 1.29 is 0 Å². The smallest absolute Gasteiger partial charge is 0.0468 e. The van der Waals surface area contributed by atoms with Gasteiger partial charge in [0, 0.05) is 32.3 Å². The van der Waals surface area contributed by atoms with Gasteiger partial charge in [-0.05, 0) is 132 Å². The lowest BCUT2D eigenvalue weighted by molar-refractivity contribution is 0.660. The van der Waals surface area contributed by atoms with Gasteiger partial charge in [-0.15, -0.1) is 0 Å². The molecule has 10 rings (SSSR count). The normalized spacial score (nSPS) is 13.1. The highest BCUT2D eigenvalue weighted by atomic mass is 32.2. The van der Waals surface area contributed by atoms with Crippen LogP contribution in [0.2, 0.25) is 0 Å². The summed E-state index contributed by atoms with van der Waals surface area (Å²) in [7, 11) is 0. The molecular weight excluding hydrogens is 635 g/mol. The van der Waals surface area contributed by atoms with Crippen molar-refractivity contribution in [1.82, 2.24) is 0 Å². The summed E-state index contributed by atoms with van der Waals surface area (Å²) in [6.07, 6.45) is 0. The van der Waals surface area contributed by atoms with Crippen molar-refractivity contribution >= 4 is 71.9 Å². The van der Waals surface area contributed by atoms with Crippen LogP contribution in [0.1, 0.15) is 25.0 Å². The quantitative estimate of drug-likeness (QED) is 0.179. The topological polar surface area (TPSA) is 3.24 Å².